The van der Waals surface area contributed by atoms with Crippen molar-refractivity contribution in [1.29, 1.82) is 0 Å². The Morgan fingerprint density at radius 3 is 2.41 bits per heavy atom. The summed E-state index contributed by atoms with van der Waals surface area (Å²) < 4.78 is 5.60. The van der Waals surface area contributed by atoms with Gasteiger partial charge < -0.3 is 9.64 Å². The van der Waals surface area contributed by atoms with Crippen LogP contribution in [0.3, 0.4) is 0 Å². The van der Waals surface area contributed by atoms with E-state index >= 15 is 0 Å². The van der Waals surface area contributed by atoms with Gasteiger partial charge >= 0.3 is 5.97 Å². The first-order valence-corrected chi connectivity index (χ1v) is 7.67. The molecule has 2 bridgehead atoms. The molecule has 2 aliphatic heterocycles. The first kappa shape index (κ1) is 15.0. The fourth-order valence-electron chi connectivity index (χ4n) is 3.59. The predicted molar refractivity (Wildman–Crippen MR) is 80.5 cm³/mol. The van der Waals surface area contributed by atoms with Crippen LogP contribution in [0.5, 0.6) is 0 Å². The van der Waals surface area contributed by atoms with Crippen molar-refractivity contribution >= 4 is 11.7 Å². The Hall–Kier alpha value is -1.95. The van der Waals surface area contributed by atoms with Crippen LogP contribution in [0.1, 0.15) is 31.2 Å². The lowest BCUT2D eigenvalue weighted by molar-refractivity contribution is -0.384. The van der Waals surface area contributed by atoms with Gasteiger partial charge in [-0.25, -0.2) is 0 Å². The number of hydrogen-bond acceptors (Lipinski definition) is 5. The number of fused-ring (bicyclic) bond motifs is 2. The fraction of sp³-hybridized carbons (Fsp3) is 0.562. The standard InChI is InChI=1S/C16H20N2O4/c1-17-13-6-7-14(17)10-15(9-13)22-16(19)8-11-2-4-12(5-3-11)18(20)21/h2-5,13-15H,6-10H2,1H3/t13-,14+,15?. The lowest BCUT2D eigenvalue weighted by Crippen LogP contribution is -2.43. The molecule has 2 aliphatic rings. The quantitative estimate of drug-likeness (QED) is 0.485. The van der Waals surface area contributed by atoms with Crippen molar-refractivity contribution in [2.75, 3.05) is 7.05 Å². The summed E-state index contributed by atoms with van der Waals surface area (Å²) in [7, 11) is 2.15. The molecule has 0 aromatic heterocycles. The number of esters is 1. The van der Waals surface area contributed by atoms with Crippen molar-refractivity contribution < 1.29 is 14.5 Å². The van der Waals surface area contributed by atoms with Gasteiger partial charge in [0.1, 0.15) is 6.10 Å². The van der Waals surface area contributed by atoms with Crippen LogP contribution in [0, 0.1) is 10.1 Å². The van der Waals surface area contributed by atoms with E-state index in [0.29, 0.717) is 12.1 Å². The average Bonchev–Trinajstić information content (AvgIpc) is 2.70. The minimum absolute atomic E-state index is 0.0132. The summed E-state index contributed by atoms with van der Waals surface area (Å²) in [4.78, 5) is 24.6. The van der Waals surface area contributed by atoms with Crippen molar-refractivity contribution in [1.82, 2.24) is 4.90 Å². The largest absolute Gasteiger partial charge is 0.462 e. The molecule has 0 saturated carbocycles. The maximum atomic E-state index is 12.0. The van der Waals surface area contributed by atoms with Gasteiger partial charge in [0.25, 0.3) is 5.69 Å². The molecule has 22 heavy (non-hydrogen) atoms. The molecule has 0 aliphatic carbocycles. The number of nitrogens with zero attached hydrogens (tertiary/aromatic N) is 2. The third kappa shape index (κ3) is 3.11. The number of ether oxygens (including phenoxy) is 1. The summed E-state index contributed by atoms with van der Waals surface area (Å²) in [6, 6.07) is 7.12. The highest BCUT2D eigenvalue weighted by molar-refractivity contribution is 5.72. The summed E-state index contributed by atoms with van der Waals surface area (Å²) in [6.07, 6.45) is 4.39. The van der Waals surface area contributed by atoms with Crippen molar-refractivity contribution in [2.45, 2.75) is 50.3 Å². The zero-order chi connectivity index (χ0) is 15.7. The molecule has 3 atom stereocenters. The van der Waals surface area contributed by atoms with Crippen LogP contribution in [0.15, 0.2) is 24.3 Å². The summed E-state index contributed by atoms with van der Waals surface area (Å²) in [5.74, 6) is -0.247. The van der Waals surface area contributed by atoms with Gasteiger partial charge in [-0.2, -0.15) is 0 Å². The second-order valence-electron chi connectivity index (χ2n) is 6.23. The van der Waals surface area contributed by atoms with Crippen LogP contribution in [0.4, 0.5) is 5.69 Å². The van der Waals surface area contributed by atoms with Gasteiger partial charge in [0.15, 0.2) is 0 Å². The third-order valence-corrected chi connectivity index (χ3v) is 4.85. The zero-order valence-electron chi connectivity index (χ0n) is 12.6. The maximum Gasteiger partial charge on any atom is 0.310 e. The molecule has 0 amide bonds. The van der Waals surface area contributed by atoms with Crippen LogP contribution in [0.25, 0.3) is 0 Å². The van der Waals surface area contributed by atoms with E-state index in [2.05, 4.69) is 11.9 Å². The number of rotatable bonds is 4. The molecular weight excluding hydrogens is 284 g/mol. The van der Waals surface area contributed by atoms with Crippen LogP contribution in [0.2, 0.25) is 0 Å². The smallest absolute Gasteiger partial charge is 0.310 e. The van der Waals surface area contributed by atoms with E-state index in [1.54, 1.807) is 12.1 Å². The van der Waals surface area contributed by atoms with E-state index in [0.717, 1.165) is 18.4 Å². The molecule has 2 saturated heterocycles. The van der Waals surface area contributed by atoms with Crippen LogP contribution >= 0.6 is 0 Å². The van der Waals surface area contributed by atoms with Crippen LogP contribution < -0.4 is 0 Å². The lowest BCUT2D eigenvalue weighted by atomic mass is 10.0. The molecule has 1 aromatic carbocycles. The molecule has 2 heterocycles. The van der Waals surface area contributed by atoms with Crippen molar-refractivity contribution in [3.63, 3.8) is 0 Å². The molecule has 0 radical (unpaired) electrons. The molecular formula is C16H20N2O4. The Labute approximate surface area is 129 Å². The molecule has 6 nitrogen and oxygen atoms in total. The number of hydrogen-bond donors (Lipinski definition) is 0. The average molecular weight is 304 g/mol. The summed E-state index contributed by atoms with van der Waals surface area (Å²) >= 11 is 0. The van der Waals surface area contributed by atoms with Crippen LogP contribution in [-0.2, 0) is 16.0 Å². The molecule has 6 heteroatoms. The number of carbonyl (C=O) groups excluding carboxylic acids is 1. The number of benzene rings is 1. The number of non-ortho nitro benzene ring substituents is 1. The Balaban J connectivity index is 1.53. The number of nitro benzene ring substituents is 1. The SMILES string of the molecule is CN1[C@@H]2CC[C@H]1CC(OC(=O)Cc1ccc([N+](=O)[O-])cc1)C2. The van der Waals surface area contributed by atoms with Gasteiger partial charge in [0.2, 0.25) is 0 Å². The lowest BCUT2D eigenvalue weighted by Gasteiger charge is -2.35. The third-order valence-electron chi connectivity index (χ3n) is 4.85. The van der Waals surface area contributed by atoms with Crippen molar-refractivity contribution in [2.24, 2.45) is 0 Å². The molecule has 0 N–H and O–H groups in total. The van der Waals surface area contributed by atoms with Gasteiger partial charge in [0, 0.05) is 24.2 Å². The van der Waals surface area contributed by atoms with Gasteiger partial charge in [-0.3, -0.25) is 14.9 Å². The molecule has 118 valence electrons. The van der Waals surface area contributed by atoms with E-state index in [1.165, 1.54) is 25.0 Å². The highest BCUT2D eigenvalue weighted by Gasteiger charge is 2.39. The highest BCUT2D eigenvalue weighted by Crippen LogP contribution is 2.35. The van der Waals surface area contributed by atoms with E-state index in [9.17, 15) is 14.9 Å². The summed E-state index contributed by atoms with van der Waals surface area (Å²) in [6.45, 7) is 0. The molecule has 1 unspecified atom stereocenters. The Morgan fingerprint density at radius 1 is 1.27 bits per heavy atom. The zero-order valence-corrected chi connectivity index (χ0v) is 12.6. The van der Waals surface area contributed by atoms with E-state index < -0.39 is 4.92 Å². The number of piperidine rings is 1. The Bertz CT molecular complexity index is 558. The van der Waals surface area contributed by atoms with Crippen molar-refractivity contribution in [3.05, 3.63) is 39.9 Å². The minimum atomic E-state index is -0.448. The van der Waals surface area contributed by atoms with E-state index in [-0.39, 0.29) is 24.2 Å². The normalized spacial score (nSPS) is 27.6. The van der Waals surface area contributed by atoms with Gasteiger partial charge in [0.05, 0.1) is 11.3 Å². The first-order valence-electron chi connectivity index (χ1n) is 7.67. The van der Waals surface area contributed by atoms with Gasteiger partial charge in [-0.15, -0.1) is 0 Å². The molecule has 3 rings (SSSR count). The molecule has 0 spiro atoms. The van der Waals surface area contributed by atoms with Gasteiger partial charge in [-0.1, -0.05) is 12.1 Å². The number of carbonyl (C=O) groups is 1. The second kappa shape index (κ2) is 6.04. The minimum Gasteiger partial charge on any atom is -0.462 e. The van der Waals surface area contributed by atoms with E-state index in [4.69, 9.17) is 4.74 Å². The maximum absolute atomic E-state index is 12.0. The Kier molecular flexibility index (Phi) is 4.11. The van der Waals surface area contributed by atoms with Crippen molar-refractivity contribution in [3.8, 4) is 0 Å². The first-order chi connectivity index (χ1) is 10.5. The highest BCUT2D eigenvalue weighted by atomic mass is 16.6. The second-order valence-corrected chi connectivity index (χ2v) is 6.23. The van der Waals surface area contributed by atoms with Crippen LogP contribution in [-0.4, -0.2) is 41.0 Å². The summed E-state index contributed by atoms with van der Waals surface area (Å²) in [5, 5.41) is 10.6. The fourth-order valence-corrected chi connectivity index (χ4v) is 3.59. The molecule has 2 fully saturated rings. The monoisotopic (exact) mass is 304 g/mol. The molecule has 1 aromatic rings. The topological polar surface area (TPSA) is 72.7 Å². The predicted octanol–water partition coefficient (Wildman–Crippen LogP) is 2.31. The Morgan fingerprint density at radius 2 is 1.86 bits per heavy atom. The number of nitro groups is 1. The van der Waals surface area contributed by atoms with E-state index in [1.807, 2.05) is 0 Å². The van der Waals surface area contributed by atoms with Gasteiger partial charge in [-0.05, 0) is 38.3 Å². The summed E-state index contributed by atoms with van der Waals surface area (Å²) in [5.41, 5.74) is 0.774.